The van der Waals surface area contributed by atoms with Crippen LogP contribution in [-0.2, 0) is 15.8 Å². The molecule has 6 nitrogen and oxygen atoms in total. The summed E-state index contributed by atoms with van der Waals surface area (Å²) in [5.41, 5.74) is 0. The standard InChI is InChI=1S/C14H19F3N4O2S/c15-14(16,17)12-19-20-13(24-12)18-10(22)6-7-11(23)21-8-4-2-1-3-5-9-21/h1-9H2,(H,18,20,22). The van der Waals surface area contributed by atoms with Crippen molar-refractivity contribution in [3.63, 3.8) is 0 Å². The van der Waals surface area contributed by atoms with Crippen molar-refractivity contribution in [3.05, 3.63) is 5.01 Å². The van der Waals surface area contributed by atoms with E-state index in [0.29, 0.717) is 13.1 Å². The molecule has 1 aromatic rings. The number of nitrogens with zero attached hydrogens (tertiary/aromatic N) is 3. The van der Waals surface area contributed by atoms with Crippen molar-refractivity contribution in [2.45, 2.75) is 51.1 Å². The third-order valence-electron chi connectivity index (χ3n) is 3.69. The first kappa shape index (κ1) is 18.6. The smallest absolute Gasteiger partial charge is 0.343 e. The quantitative estimate of drug-likeness (QED) is 0.891. The Balaban J connectivity index is 1.77. The lowest BCUT2D eigenvalue weighted by atomic mass is 10.1. The molecule has 10 heteroatoms. The molecule has 134 valence electrons. The number of rotatable bonds is 4. The van der Waals surface area contributed by atoms with E-state index in [0.717, 1.165) is 25.7 Å². The maximum atomic E-state index is 12.4. The van der Waals surface area contributed by atoms with Gasteiger partial charge in [0.1, 0.15) is 0 Å². The van der Waals surface area contributed by atoms with Crippen LogP contribution in [0.2, 0.25) is 0 Å². The predicted molar refractivity (Wildman–Crippen MR) is 82.4 cm³/mol. The number of halogens is 3. The Morgan fingerprint density at radius 2 is 1.67 bits per heavy atom. The third kappa shape index (κ3) is 5.73. The van der Waals surface area contributed by atoms with Crippen LogP contribution in [0, 0.1) is 0 Å². The fourth-order valence-corrected chi connectivity index (χ4v) is 3.07. The van der Waals surface area contributed by atoms with E-state index < -0.39 is 17.1 Å². The molecule has 2 heterocycles. The van der Waals surface area contributed by atoms with E-state index in [-0.39, 0.29) is 35.2 Å². The second kappa shape index (κ2) is 8.41. The largest absolute Gasteiger partial charge is 0.445 e. The molecule has 0 bridgehead atoms. The van der Waals surface area contributed by atoms with Crippen LogP contribution >= 0.6 is 11.3 Å². The lowest BCUT2D eigenvalue weighted by Gasteiger charge is -2.24. The van der Waals surface area contributed by atoms with Gasteiger partial charge in [0.25, 0.3) is 0 Å². The molecule has 1 aliphatic heterocycles. The molecule has 2 amide bonds. The first-order valence-electron chi connectivity index (χ1n) is 7.84. The summed E-state index contributed by atoms with van der Waals surface area (Å²) in [5.74, 6) is -0.638. The molecule has 0 aromatic carbocycles. The zero-order valence-electron chi connectivity index (χ0n) is 13.1. The number of hydrogen-bond donors (Lipinski definition) is 1. The molecule has 1 saturated heterocycles. The fraction of sp³-hybridized carbons (Fsp3) is 0.714. The average Bonchev–Trinajstić information content (AvgIpc) is 2.93. The molecule has 1 aliphatic rings. The minimum absolute atomic E-state index is 0.0385. The van der Waals surface area contributed by atoms with Crippen LogP contribution in [0.5, 0.6) is 0 Å². The van der Waals surface area contributed by atoms with Gasteiger partial charge in [-0.1, -0.05) is 30.6 Å². The Hall–Kier alpha value is -1.71. The molecule has 1 aromatic heterocycles. The molecular weight excluding hydrogens is 345 g/mol. The third-order valence-corrected chi connectivity index (χ3v) is 4.57. The number of anilines is 1. The highest BCUT2D eigenvalue weighted by molar-refractivity contribution is 7.15. The van der Waals surface area contributed by atoms with E-state index in [1.807, 2.05) is 0 Å². The van der Waals surface area contributed by atoms with Crippen LogP contribution in [0.1, 0.15) is 50.0 Å². The van der Waals surface area contributed by atoms with Crippen LogP contribution in [0.15, 0.2) is 0 Å². The number of aromatic nitrogens is 2. The minimum Gasteiger partial charge on any atom is -0.343 e. The molecule has 1 fully saturated rings. The number of carbonyl (C=O) groups excluding carboxylic acids is 2. The summed E-state index contributed by atoms with van der Waals surface area (Å²) in [7, 11) is 0. The molecule has 0 saturated carbocycles. The highest BCUT2D eigenvalue weighted by Crippen LogP contribution is 2.33. The van der Waals surface area contributed by atoms with E-state index in [2.05, 4.69) is 15.5 Å². The van der Waals surface area contributed by atoms with Gasteiger partial charge in [-0.15, -0.1) is 10.2 Å². The van der Waals surface area contributed by atoms with E-state index >= 15 is 0 Å². The number of likely N-dealkylation sites (tertiary alicyclic amines) is 1. The van der Waals surface area contributed by atoms with Crippen LogP contribution in [0.25, 0.3) is 0 Å². The van der Waals surface area contributed by atoms with E-state index in [1.54, 1.807) is 4.90 Å². The van der Waals surface area contributed by atoms with Gasteiger partial charge in [-0.05, 0) is 12.8 Å². The number of nitrogens with one attached hydrogen (secondary N) is 1. The van der Waals surface area contributed by atoms with Gasteiger partial charge >= 0.3 is 6.18 Å². The lowest BCUT2D eigenvalue weighted by Crippen LogP contribution is -2.34. The zero-order chi connectivity index (χ0) is 17.6. The number of amides is 2. The van der Waals surface area contributed by atoms with Crippen molar-refractivity contribution in [1.29, 1.82) is 0 Å². The van der Waals surface area contributed by atoms with Crippen molar-refractivity contribution in [1.82, 2.24) is 15.1 Å². The summed E-state index contributed by atoms with van der Waals surface area (Å²) in [6, 6.07) is 0. The van der Waals surface area contributed by atoms with Gasteiger partial charge < -0.3 is 10.2 Å². The molecule has 0 aliphatic carbocycles. The monoisotopic (exact) mass is 364 g/mol. The minimum atomic E-state index is -4.58. The van der Waals surface area contributed by atoms with E-state index in [9.17, 15) is 22.8 Å². The summed E-state index contributed by atoms with van der Waals surface area (Å²) in [5, 5.41) is 7.18. The van der Waals surface area contributed by atoms with Gasteiger partial charge in [-0.25, -0.2) is 0 Å². The Labute approximate surface area is 141 Å². The summed E-state index contributed by atoms with van der Waals surface area (Å²) in [4.78, 5) is 25.6. The Kier molecular flexibility index (Phi) is 6.52. The van der Waals surface area contributed by atoms with Crippen molar-refractivity contribution in [2.75, 3.05) is 18.4 Å². The molecule has 0 atom stereocenters. The molecule has 0 radical (unpaired) electrons. The Morgan fingerprint density at radius 1 is 1.04 bits per heavy atom. The highest BCUT2D eigenvalue weighted by atomic mass is 32.1. The molecule has 0 spiro atoms. The van der Waals surface area contributed by atoms with Crippen LogP contribution in [-0.4, -0.2) is 40.0 Å². The summed E-state index contributed by atoms with van der Waals surface area (Å²) in [6.45, 7) is 1.40. The van der Waals surface area contributed by atoms with Crippen molar-refractivity contribution in [3.8, 4) is 0 Å². The topological polar surface area (TPSA) is 75.2 Å². The predicted octanol–water partition coefficient (Wildman–Crippen LogP) is 3.07. The van der Waals surface area contributed by atoms with Gasteiger partial charge in [-0.3, -0.25) is 9.59 Å². The van der Waals surface area contributed by atoms with Crippen molar-refractivity contribution >= 4 is 28.3 Å². The van der Waals surface area contributed by atoms with Crippen molar-refractivity contribution < 1.29 is 22.8 Å². The first-order chi connectivity index (χ1) is 11.4. The van der Waals surface area contributed by atoms with Gasteiger partial charge in [0, 0.05) is 25.9 Å². The highest BCUT2D eigenvalue weighted by Gasteiger charge is 2.35. The van der Waals surface area contributed by atoms with Crippen LogP contribution in [0.4, 0.5) is 18.3 Å². The average molecular weight is 364 g/mol. The van der Waals surface area contributed by atoms with Crippen LogP contribution < -0.4 is 5.32 Å². The normalized spacial score (nSPS) is 16.4. The number of carbonyl (C=O) groups is 2. The lowest BCUT2D eigenvalue weighted by molar-refractivity contribution is -0.138. The molecule has 24 heavy (non-hydrogen) atoms. The van der Waals surface area contributed by atoms with Gasteiger partial charge in [0.2, 0.25) is 22.0 Å². The van der Waals surface area contributed by atoms with Gasteiger partial charge in [0.05, 0.1) is 0 Å². The summed E-state index contributed by atoms with van der Waals surface area (Å²) < 4.78 is 37.2. The Bertz CT molecular complexity index is 569. The maximum absolute atomic E-state index is 12.4. The van der Waals surface area contributed by atoms with Gasteiger partial charge in [0.15, 0.2) is 0 Å². The van der Waals surface area contributed by atoms with Crippen molar-refractivity contribution in [2.24, 2.45) is 0 Å². The summed E-state index contributed by atoms with van der Waals surface area (Å²) >= 11 is 0.261. The second-order valence-electron chi connectivity index (χ2n) is 5.61. The fourth-order valence-electron chi connectivity index (χ4n) is 2.45. The molecule has 1 N–H and O–H groups in total. The summed E-state index contributed by atoms with van der Waals surface area (Å²) in [6.07, 6.45) is 0.679. The molecule has 0 unspecified atom stereocenters. The second-order valence-corrected chi connectivity index (χ2v) is 6.58. The zero-order valence-corrected chi connectivity index (χ0v) is 13.9. The number of alkyl halides is 3. The number of hydrogen-bond acceptors (Lipinski definition) is 5. The SMILES string of the molecule is O=C(CCC(=O)N1CCCCCCC1)Nc1nnc(C(F)(F)F)s1. The Morgan fingerprint density at radius 3 is 2.25 bits per heavy atom. The molecular formula is C14H19F3N4O2S. The van der Waals surface area contributed by atoms with E-state index in [1.165, 1.54) is 6.42 Å². The molecule has 2 rings (SSSR count). The van der Waals surface area contributed by atoms with E-state index in [4.69, 9.17) is 0 Å². The van der Waals surface area contributed by atoms with Gasteiger partial charge in [-0.2, -0.15) is 13.2 Å². The van der Waals surface area contributed by atoms with Crippen LogP contribution in [0.3, 0.4) is 0 Å². The first-order valence-corrected chi connectivity index (χ1v) is 8.66. The maximum Gasteiger partial charge on any atom is 0.445 e.